The van der Waals surface area contributed by atoms with Gasteiger partial charge in [-0.25, -0.2) is 9.59 Å². The molecule has 0 bridgehead atoms. The van der Waals surface area contributed by atoms with E-state index >= 15 is 0 Å². The van der Waals surface area contributed by atoms with Gasteiger partial charge in [0, 0.05) is 23.8 Å². The third kappa shape index (κ3) is 5.88. The minimum Gasteiger partial charge on any atom is -0.504 e. The molecule has 13 heteroatoms. The first-order valence-corrected chi connectivity index (χ1v) is 12.4. The molecule has 4 rings (SSSR count). The van der Waals surface area contributed by atoms with E-state index in [4.69, 9.17) is 23.7 Å². The molecule has 10 atom stereocenters. The van der Waals surface area contributed by atoms with Gasteiger partial charge in [0.15, 0.2) is 17.8 Å². The molecule has 0 spiro atoms. The first kappa shape index (κ1) is 28.8. The smallest absolute Gasteiger partial charge is 0.334 e. The first-order chi connectivity index (χ1) is 18.5. The number of phenols is 1. The van der Waals surface area contributed by atoms with Crippen molar-refractivity contribution in [3.63, 3.8) is 0 Å². The molecule has 214 valence electrons. The molecule has 2 fully saturated rings. The number of benzene rings is 1. The van der Waals surface area contributed by atoms with Gasteiger partial charge in [-0.3, -0.25) is 0 Å². The summed E-state index contributed by atoms with van der Waals surface area (Å²) in [6.07, 6.45) is -5.60. The molecule has 13 nitrogen and oxygen atoms in total. The Morgan fingerprint density at radius 3 is 2.54 bits per heavy atom. The number of hydrogen-bond acceptors (Lipinski definition) is 12. The van der Waals surface area contributed by atoms with Crippen LogP contribution in [0.1, 0.15) is 18.9 Å². The number of carbonyl (C=O) groups excluding carboxylic acids is 1. The third-order valence-corrected chi connectivity index (χ3v) is 7.43. The van der Waals surface area contributed by atoms with Crippen molar-refractivity contribution in [2.75, 3.05) is 13.7 Å². The van der Waals surface area contributed by atoms with Crippen LogP contribution in [0.25, 0.3) is 6.08 Å². The van der Waals surface area contributed by atoms with Crippen molar-refractivity contribution >= 4 is 18.0 Å². The molecule has 1 aromatic rings. The molecule has 1 aromatic carbocycles. The molecule has 39 heavy (non-hydrogen) atoms. The van der Waals surface area contributed by atoms with Gasteiger partial charge in [0.2, 0.25) is 6.29 Å². The zero-order chi connectivity index (χ0) is 28.4. The second kappa shape index (κ2) is 11.9. The zero-order valence-electron chi connectivity index (χ0n) is 21.2. The summed E-state index contributed by atoms with van der Waals surface area (Å²) in [6.45, 7) is 1.10. The number of carboxylic acids is 1. The molecule has 0 aromatic heterocycles. The summed E-state index contributed by atoms with van der Waals surface area (Å²) in [6, 6.07) is 4.54. The number of rotatable bonds is 8. The zero-order valence-corrected chi connectivity index (χ0v) is 21.2. The molecule has 1 aliphatic carbocycles. The number of aliphatic hydroxyl groups excluding tert-OH is 4. The molecule has 2 aliphatic heterocycles. The second-order valence-corrected chi connectivity index (χ2v) is 9.73. The van der Waals surface area contributed by atoms with E-state index in [1.54, 1.807) is 13.0 Å². The Hall–Kier alpha value is -3.20. The molecule has 2 heterocycles. The van der Waals surface area contributed by atoms with Crippen LogP contribution in [-0.2, 0) is 28.5 Å². The molecule has 6 N–H and O–H groups in total. The normalized spacial score (nSPS) is 36.1. The summed E-state index contributed by atoms with van der Waals surface area (Å²) in [7, 11) is 1.40. The van der Waals surface area contributed by atoms with Gasteiger partial charge in [-0.1, -0.05) is 13.0 Å². The van der Waals surface area contributed by atoms with E-state index in [1.807, 2.05) is 0 Å². The topological polar surface area (TPSA) is 202 Å². The summed E-state index contributed by atoms with van der Waals surface area (Å²) in [5.74, 6) is -3.44. The number of methoxy groups -OCH3 is 1. The van der Waals surface area contributed by atoms with Crippen molar-refractivity contribution in [3.05, 3.63) is 41.7 Å². The lowest BCUT2D eigenvalue weighted by Crippen LogP contribution is -2.60. The number of hydrogen-bond donors (Lipinski definition) is 6. The van der Waals surface area contributed by atoms with Gasteiger partial charge in [0.1, 0.15) is 30.5 Å². The number of fused-ring (bicyclic) bond motifs is 1. The van der Waals surface area contributed by atoms with Gasteiger partial charge < -0.3 is 54.3 Å². The maximum Gasteiger partial charge on any atom is 0.334 e. The van der Waals surface area contributed by atoms with Crippen LogP contribution in [0.2, 0.25) is 0 Å². The molecular formula is C26H32O13. The van der Waals surface area contributed by atoms with Crippen molar-refractivity contribution in [1.29, 1.82) is 0 Å². The number of ether oxygens (including phenoxy) is 5. The second-order valence-electron chi connectivity index (χ2n) is 9.73. The van der Waals surface area contributed by atoms with Crippen LogP contribution in [-0.4, -0.2) is 99.4 Å². The lowest BCUT2D eigenvalue weighted by atomic mass is 9.83. The van der Waals surface area contributed by atoms with E-state index in [1.165, 1.54) is 31.4 Å². The number of carbonyl (C=O) groups is 2. The molecule has 0 radical (unpaired) electrons. The molecular weight excluding hydrogens is 520 g/mol. The number of esters is 1. The monoisotopic (exact) mass is 552 g/mol. The molecule has 3 aliphatic rings. The fraction of sp³-hybridized carbons (Fsp3) is 0.538. The summed E-state index contributed by atoms with van der Waals surface area (Å²) in [4.78, 5) is 24.5. The van der Waals surface area contributed by atoms with Crippen molar-refractivity contribution in [1.82, 2.24) is 0 Å². The Labute approximate surface area is 223 Å². The van der Waals surface area contributed by atoms with E-state index in [0.717, 1.165) is 6.26 Å². The molecule has 1 saturated carbocycles. The highest BCUT2D eigenvalue weighted by Gasteiger charge is 2.54. The van der Waals surface area contributed by atoms with Gasteiger partial charge in [-0.05, 0) is 30.2 Å². The number of phenolic OH excluding ortho intramolecular Hbond substituents is 1. The highest BCUT2D eigenvalue weighted by atomic mass is 16.8. The van der Waals surface area contributed by atoms with Crippen molar-refractivity contribution in [2.45, 2.75) is 56.4 Å². The van der Waals surface area contributed by atoms with Crippen LogP contribution in [0.3, 0.4) is 0 Å². The number of carboxylic acid groups (broad SMARTS) is 1. The largest absolute Gasteiger partial charge is 0.504 e. The average molecular weight is 553 g/mol. The van der Waals surface area contributed by atoms with Crippen LogP contribution in [0.5, 0.6) is 11.5 Å². The number of aliphatic carboxylic acids is 1. The van der Waals surface area contributed by atoms with Crippen LogP contribution >= 0.6 is 0 Å². The van der Waals surface area contributed by atoms with Crippen molar-refractivity contribution in [3.8, 4) is 11.5 Å². The van der Waals surface area contributed by atoms with Gasteiger partial charge in [-0.15, -0.1) is 0 Å². The summed E-state index contributed by atoms with van der Waals surface area (Å²) in [5, 5.41) is 59.3. The predicted molar refractivity (Wildman–Crippen MR) is 130 cm³/mol. The quantitative estimate of drug-likeness (QED) is 0.182. The predicted octanol–water partition coefficient (Wildman–Crippen LogP) is -0.261. The standard InChI is InChI=1S/C26H32O13/c1-11-16(37-19(29)6-4-12-3-5-15(28)17(7-12)35-2)8-13-14(24(33)34)10-36-25(20(11)13)39-26-23(32)22(31)21(30)18(9-27)38-26/h3-7,10-11,13,16,18,20-23,25-28,30-32H,8-9H2,1-2H3,(H,33,34)/t11-,13+,16-,18+,20+,21+,22-,23+,25-,26-/m0/s1. The van der Waals surface area contributed by atoms with Crippen LogP contribution in [0, 0.1) is 17.8 Å². The average Bonchev–Trinajstić information content (AvgIpc) is 3.24. The van der Waals surface area contributed by atoms with Gasteiger partial charge in [-0.2, -0.15) is 0 Å². The number of aromatic hydroxyl groups is 1. The Balaban J connectivity index is 1.48. The van der Waals surface area contributed by atoms with E-state index in [2.05, 4.69) is 0 Å². The summed E-state index contributed by atoms with van der Waals surface area (Å²) in [5.41, 5.74) is 0.540. The minimum absolute atomic E-state index is 0.0363. The minimum atomic E-state index is -1.68. The van der Waals surface area contributed by atoms with Crippen molar-refractivity contribution < 1.29 is 63.9 Å². The maximum absolute atomic E-state index is 12.6. The lowest BCUT2D eigenvalue weighted by Gasteiger charge is -2.43. The molecule has 0 amide bonds. The molecule has 1 saturated heterocycles. The Morgan fingerprint density at radius 1 is 1.13 bits per heavy atom. The van der Waals surface area contributed by atoms with Gasteiger partial charge in [0.25, 0.3) is 0 Å². The van der Waals surface area contributed by atoms with E-state index in [9.17, 15) is 40.2 Å². The van der Waals surface area contributed by atoms with Gasteiger partial charge in [0.05, 0.1) is 25.6 Å². The lowest BCUT2D eigenvalue weighted by molar-refractivity contribution is -0.342. The SMILES string of the molecule is COc1cc(C=CC(=O)O[C@H]2C[C@@H]3C(C(=O)O)=CO[C@@H](O[C@@H]4O[C@H](CO)[C@@H](O)[C@H](O)[C@H]4O)[C@@H]3[C@H]2C)ccc1O. The molecule has 0 unspecified atom stereocenters. The summed E-state index contributed by atoms with van der Waals surface area (Å²) >= 11 is 0. The first-order valence-electron chi connectivity index (χ1n) is 12.4. The third-order valence-electron chi connectivity index (χ3n) is 7.43. The highest BCUT2D eigenvalue weighted by Crippen LogP contribution is 2.48. The van der Waals surface area contributed by atoms with Gasteiger partial charge >= 0.3 is 11.9 Å². The van der Waals surface area contributed by atoms with E-state index < -0.39 is 79.4 Å². The van der Waals surface area contributed by atoms with Crippen LogP contribution in [0.15, 0.2) is 36.1 Å². The maximum atomic E-state index is 12.6. The Morgan fingerprint density at radius 2 is 1.87 bits per heavy atom. The highest BCUT2D eigenvalue weighted by molar-refractivity contribution is 5.88. The Kier molecular flexibility index (Phi) is 8.79. The summed E-state index contributed by atoms with van der Waals surface area (Å²) < 4.78 is 27.5. The Bertz CT molecular complexity index is 1120. The number of aliphatic hydroxyl groups is 4. The van der Waals surface area contributed by atoms with Crippen LogP contribution < -0.4 is 4.74 Å². The van der Waals surface area contributed by atoms with E-state index in [-0.39, 0.29) is 23.5 Å². The fourth-order valence-corrected chi connectivity index (χ4v) is 5.28. The van der Waals surface area contributed by atoms with E-state index in [0.29, 0.717) is 5.56 Å². The van der Waals surface area contributed by atoms with Crippen LogP contribution in [0.4, 0.5) is 0 Å². The fourth-order valence-electron chi connectivity index (χ4n) is 5.28. The van der Waals surface area contributed by atoms with Crippen molar-refractivity contribution in [2.24, 2.45) is 17.8 Å².